The van der Waals surface area contributed by atoms with Crippen LogP contribution in [0.25, 0.3) is 0 Å². The van der Waals surface area contributed by atoms with Gasteiger partial charge in [0.2, 0.25) is 0 Å². The van der Waals surface area contributed by atoms with Crippen LogP contribution >= 0.6 is 0 Å². The van der Waals surface area contributed by atoms with Crippen LogP contribution in [0.4, 0.5) is 5.69 Å². The number of rotatable bonds is 4. The molecular weight excluding hydrogens is 312 g/mol. The Labute approximate surface area is 149 Å². The zero-order valence-electron chi connectivity index (χ0n) is 15.6. The predicted octanol–water partition coefficient (Wildman–Crippen LogP) is 4.03. The van der Waals surface area contributed by atoms with Crippen molar-refractivity contribution in [1.29, 1.82) is 0 Å². The van der Waals surface area contributed by atoms with Crippen molar-refractivity contribution in [2.75, 3.05) is 26.1 Å². The molecule has 4 heteroatoms. The summed E-state index contributed by atoms with van der Waals surface area (Å²) in [6.07, 6.45) is 0.740. The number of hydrogen-bond acceptors (Lipinski definition) is 3. The lowest BCUT2D eigenvalue weighted by molar-refractivity contribution is -0.534. The first-order valence-corrected chi connectivity index (χ1v) is 8.59. The van der Waals surface area contributed by atoms with Gasteiger partial charge in [0.05, 0.1) is 13.0 Å². The van der Waals surface area contributed by atoms with Crippen molar-refractivity contribution in [1.82, 2.24) is 0 Å². The fraction of sp³-hybridized carbons (Fsp3) is 0.381. The van der Waals surface area contributed by atoms with E-state index in [-0.39, 0.29) is 5.92 Å². The van der Waals surface area contributed by atoms with Crippen LogP contribution in [0.2, 0.25) is 0 Å². The molecule has 1 heterocycles. The zero-order valence-corrected chi connectivity index (χ0v) is 15.6. The number of benzene rings is 2. The average Bonchev–Trinajstić information content (AvgIpc) is 2.85. The molecule has 0 radical (unpaired) electrons. The van der Waals surface area contributed by atoms with Crippen molar-refractivity contribution in [3.63, 3.8) is 0 Å². The molecule has 0 fully saturated rings. The number of hydroxylamine groups is 1. The van der Waals surface area contributed by atoms with Crippen LogP contribution in [0.5, 0.6) is 5.75 Å². The van der Waals surface area contributed by atoms with Crippen LogP contribution in [0.1, 0.15) is 37.3 Å². The molecule has 0 amide bonds. The summed E-state index contributed by atoms with van der Waals surface area (Å²) in [5, 5.41) is 13.0. The van der Waals surface area contributed by atoms with E-state index < -0.39 is 5.54 Å². The molecule has 2 aromatic carbocycles. The van der Waals surface area contributed by atoms with E-state index in [4.69, 9.17) is 4.74 Å². The molecule has 0 aliphatic carbocycles. The second-order valence-corrected chi connectivity index (χ2v) is 7.37. The maximum Gasteiger partial charge on any atom is 0.195 e. The molecule has 0 saturated carbocycles. The maximum atomic E-state index is 13.0. The Morgan fingerprint density at radius 3 is 2.16 bits per heavy atom. The first-order chi connectivity index (χ1) is 11.8. The van der Waals surface area contributed by atoms with Gasteiger partial charge in [-0.2, -0.15) is 0 Å². The Balaban J connectivity index is 1.92. The summed E-state index contributed by atoms with van der Waals surface area (Å²) < 4.78 is 6.41. The van der Waals surface area contributed by atoms with E-state index in [9.17, 15) is 5.21 Å². The van der Waals surface area contributed by atoms with Crippen molar-refractivity contribution >= 4 is 11.4 Å². The van der Waals surface area contributed by atoms with Crippen LogP contribution in [-0.2, 0) is 0 Å². The number of nitrogens with zero attached hydrogens (tertiary/aromatic N) is 2. The summed E-state index contributed by atoms with van der Waals surface area (Å²) in [6.45, 7) is 4.06. The van der Waals surface area contributed by atoms with Gasteiger partial charge in [-0.25, -0.2) is 4.74 Å². The molecular formula is C21H26N2O2. The van der Waals surface area contributed by atoms with Crippen LogP contribution in [0, 0.1) is 5.21 Å². The molecule has 2 aromatic rings. The van der Waals surface area contributed by atoms with Gasteiger partial charge in [-0.15, -0.1) is 0 Å². The average molecular weight is 338 g/mol. The van der Waals surface area contributed by atoms with Gasteiger partial charge in [-0.3, -0.25) is 0 Å². The van der Waals surface area contributed by atoms with Gasteiger partial charge < -0.3 is 14.8 Å². The molecule has 4 nitrogen and oxygen atoms in total. The van der Waals surface area contributed by atoms with E-state index in [0.29, 0.717) is 0 Å². The van der Waals surface area contributed by atoms with E-state index in [2.05, 4.69) is 29.2 Å². The van der Waals surface area contributed by atoms with E-state index >= 15 is 0 Å². The Bertz CT molecular complexity index is 775. The molecule has 1 aliphatic rings. The van der Waals surface area contributed by atoms with Crippen molar-refractivity contribution in [2.24, 2.45) is 0 Å². The number of hydrogen-bond donors (Lipinski definition) is 0. The molecule has 0 aromatic heterocycles. The highest BCUT2D eigenvalue weighted by Crippen LogP contribution is 2.40. The van der Waals surface area contributed by atoms with Gasteiger partial charge in [0, 0.05) is 45.6 Å². The van der Waals surface area contributed by atoms with Crippen molar-refractivity contribution in [3.05, 3.63) is 64.9 Å². The molecule has 1 aliphatic heterocycles. The minimum absolute atomic E-state index is 0.165. The Kier molecular flexibility index (Phi) is 4.46. The van der Waals surface area contributed by atoms with Crippen LogP contribution in [-0.4, -0.2) is 37.2 Å². The number of ether oxygens (including phenoxy) is 1. The van der Waals surface area contributed by atoms with Crippen molar-refractivity contribution in [3.8, 4) is 5.75 Å². The first kappa shape index (κ1) is 17.3. The fourth-order valence-electron chi connectivity index (χ4n) is 3.56. The lowest BCUT2D eigenvalue weighted by Crippen LogP contribution is -2.34. The molecule has 25 heavy (non-hydrogen) atoms. The zero-order chi connectivity index (χ0) is 18.2. The van der Waals surface area contributed by atoms with Crippen molar-refractivity contribution in [2.45, 2.75) is 31.7 Å². The molecule has 0 spiro atoms. The largest absolute Gasteiger partial charge is 0.623 e. The summed E-state index contributed by atoms with van der Waals surface area (Å²) in [5.41, 5.74) is 3.71. The third-order valence-electron chi connectivity index (χ3n) is 5.25. The molecule has 1 unspecified atom stereocenters. The molecule has 3 rings (SSSR count). The third-order valence-corrected chi connectivity index (χ3v) is 5.25. The lowest BCUT2D eigenvalue weighted by atomic mass is 9.81. The molecule has 1 atom stereocenters. The predicted molar refractivity (Wildman–Crippen MR) is 103 cm³/mol. The highest BCUT2D eigenvalue weighted by atomic mass is 16.5. The quantitative estimate of drug-likeness (QED) is 0.624. The highest BCUT2D eigenvalue weighted by molar-refractivity contribution is 5.98. The third kappa shape index (κ3) is 3.09. The summed E-state index contributed by atoms with van der Waals surface area (Å²) in [6, 6.07) is 16.3. The fourth-order valence-corrected chi connectivity index (χ4v) is 3.56. The molecule has 0 N–H and O–H groups in total. The molecule has 132 valence electrons. The van der Waals surface area contributed by atoms with E-state index in [1.54, 1.807) is 7.11 Å². The lowest BCUT2D eigenvalue weighted by Gasteiger charge is -2.26. The second kappa shape index (κ2) is 6.43. The number of methoxy groups -OCH3 is 1. The van der Waals surface area contributed by atoms with Gasteiger partial charge in [0.15, 0.2) is 11.3 Å². The maximum absolute atomic E-state index is 13.0. The minimum atomic E-state index is -0.477. The topological polar surface area (TPSA) is 38.5 Å². The van der Waals surface area contributed by atoms with Gasteiger partial charge >= 0.3 is 0 Å². The molecule has 0 bridgehead atoms. The van der Waals surface area contributed by atoms with E-state index in [1.807, 2.05) is 52.2 Å². The molecule has 0 saturated heterocycles. The van der Waals surface area contributed by atoms with Gasteiger partial charge in [0.1, 0.15) is 5.75 Å². The Morgan fingerprint density at radius 2 is 1.64 bits per heavy atom. The monoisotopic (exact) mass is 338 g/mol. The van der Waals surface area contributed by atoms with E-state index in [1.165, 1.54) is 10.3 Å². The van der Waals surface area contributed by atoms with Crippen LogP contribution < -0.4 is 9.64 Å². The summed E-state index contributed by atoms with van der Waals surface area (Å²) in [5.74, 6) is 0.966. The summed E-state index contributed by atoms with van der Waals surface area (Å²) in [4.78, 5) is 2.08. The second-order valence-electron chi connectivity index (χ2n) is 7.37. The highest BCUT2D eigenvalue weighted by Gasteiger charge is 2.47. The van der Waals surface area contributed by atoms with Gasteiger partial charge in [0.25, 0.3) is 0 Å². The normalized spacial score (nSPS) is 19.2. The Morgan fingerprint density at radius 1 is 1.04 bits per heavy atom. The smallest absolute Gasteiger partial charge is 0.195 e. The summed E-state index contributed by atoms with van der Waals surface area (Å²) in [7, 11) is 5.71. The SMILES string of the molecule is COc1ccc(C2=[N+]([O-])C(C)(C)C(c3ccc(N(C)C)cc3)C2)cc1. The minimum Gasteiger partial charge on any atom is -0.623 e. The van der Waals surface area contributed by atoms with Crippen LogP contribution in [0.3, 0.4) is 0 Å². The van der Waals surface area contributed by atoms with Gasteiger partial charge in [-0.1, -0.05) is 12.1 Å². The summed E-state index contributed by atoms with van der Waals surface area (Å²) >= 11 is 0. The standard InChI is InChI=1S/C21H26N2O2/c1-21(2)19(15-6-10-17(11-7-15)22(3)4)14-20(23(21)24)16-8-12-18(25-5)13-9-16/h6-13,19H,14H2,1-5H3. The van der Waals surface area contributed by atoms with Gasteiger partial charge in [-0.05, 0) is 42.0 Å². The van der Waals surface area contributed by atoms with Crippen molar-refractivity contribution < 1.29 is 9.48 Å². The number of anilines is 1. The Hall–Kier alpha value is -2.49. The van der Waals surface area contributed by atoms with Crippen LogP contribution in [0.15, 0.2) is 48.5 Å². The van der Waals surface area contributed by atoms with E-state index in [0.717, 1.165) is 29.1 Å². The first-order valence-electron chi connectivity index (χ1n) is 8.59.